The molecule has 0 saturated carbocycles. The highest BCUT2D eigenvalue weighted by Gasteiger charge is 2.52. The van der Waals surface area contributed by atoms with Crippen molar-refractivity contribution in [3.05, 3.63) is 35.3 Å². The Kier molecular flexibility index (Phi) is 4.88. The molecule has 0 unspecified atom stereocenters. The Morgan fingerprint density at radius 3 is 2.04 bits per heavy atom. The van der Waals surface area contributed by atoms with Crippen molar-refractivity contribution in [3.63, 3.8) is 0 Å². The third-order valence-corrected chi connectivity index (χ3v) is 4.73. The zero-order chi connectivity index (χ0) is 17.3. The van der Waals surface area contributed by atoms with E-state index < -0.39 is 18.3 Å². The molecular formula is C18H24BNO3. The van der Waals surface area contributed by atoms with E-state index in [1.54, 1.807) is 7.11 Å². The summed E-state index contributed by atoms with van der Waals surface area (Å²) in [5, 5.41) is 9.68. The molecule has 0 radical (unpaired) electrons. The van der Waals surface area contributed by atoms with Gasteiger partial charge < -0.3 is 14.0 Å². The molecule has 122 valence electrons. The first-order valence-electron chi connectivity index (χ1n) is 7.89. The average Bonchev–Trinajstić information content (AvgIpc) is 2.72. The Balaban J connectivity index is 2.43. The molecule has 1 saturated heterocycles. The zero-order valence-corrected chi connectivity index (χ0v) is 14.8. The second-order valence-electron chi connectivity index (χ2n) is 6.68. The molecule has 1 aliphatic heterocycles. The number of nitriles is 1. The van der Waals surface area contributed by atoms with Gasteiger partial charge in [-0.05, 0) is 57.3 Å². The van der Waals surface area contributed by atoms with E-state index in [9.17, 15) is 5.26 Å². The third-order valence-electron chi connectivity index (χ3n) is 4.73. The van der Waals surface area contributed by atoms with Crippen LogP contribution in [0.4, 0.5) is 0 Å². The zero-order valence-electron chi connectivity index (χ0n) is 14.8. The summed E-state index contributed by atoms with van der Waals surface area (Å²) >= 11 is 0. The number of methoxy groups -OCH3 is 1. The van der Waals surface area contributed by atoms with Crippen molar-refractivity contribution < 1.29 is 14.0 Å². The van der Waals surface area contributed by atoms with Crippen LogP contribution in [0.1, 0.15) is 46.6 Å². The van der Waals surface area contributed by atoms with Crippen molar-refractivity contribution in [3.8, 4) is 11.8 Å². The molecule has 0 bridgehead atoms. The molecule has 0 atom stereocenters. The molecule has 1 aromatic carbocycles. The normalized spacial score (nSPS) is 20.0. The van der Waals surface area contributed by atoms with Gasteiger partial charge in [0.1, 0.15) is 5.75 Å². The van der Waals surface area contributed by atoms with Crippen molar-refractivity contribution in [2.24, 2.45) is 0 Å². The summed E-state index contributed by atoms with van der Waals surface area (Å²) in [5.41, 5.74) is 1.49. The van der Waals surface area contributed by atoms with Gasteiger partial charge in [0.25, 0.3) is 0 Å². The monoisotopic (exact) mass is 313 g/mol. The number of benzene rings is 1. The highest BCUT2D eigenvalue weighted by molar-refractivity contribution is 6.56. The Bertz CT molecular complexity index is 625. The summed E-state index contributed by atoms with van der Waals surface area (Å²) in [5.74, 6) is 0.764. The lowest BCUT2D eigenvalue weighted by Gasteiger charge is -2.32. The Morgan fingerprint density at radius 1 is 1.13 bits per heavy atom. The molecule has 4 nitrogen and oxygen atoms in total. The van der Waals surface area contributed by atoms with Gasteiger partial charge in [-0.25, -0.2) is 0 Å². The molecule has 0 N–H and O–H groups in total. The van der Waals surface area contributed by atoms with E-state index in [2.05, 4.69) is 6.07 Å². The van der Waals surface area contributed by atoms with E-state index in [0.717, 1.165) is 16.8 Å². The molecule has 1 fully saturated rings. The van der Waals surface area contributed by atoms with Gasteiger partial charge in [-0.3, -0.25) is 0 Å². The smallest absolute Gasteiger partial charge is 0.491 e. The van der Waals surface area contributed by atoms with Crippen molar-refractivity contribution in [1.29, 1.82) is 5.26 Å². The van der Waals surface area contributed by atoms with E-state index in [-0.39, 0.29) is 0 Å². The van der Waals surface area contributed by atoms with Crippen molar-refractivity contribution in [2.45, 2.75) is 52.2 Å². The third kappa shape index (κ3) is 3.29. The summed E-state index contributed by atoms with van der Waals surface area (Å²) in [4.78, 5) is 0. The first-order valence-corrected chi connectivity index (χ1v) is 7.89. The van der Waals surface area contributed by atoms with Crippen LogP contribution in [0.25, 0.3) is 5.57 Å². The molecule has 2 rings (SSSR count). The fourth-order valence-electron chi connectivity index (χ4n) is 2.53. The highest BCUT2D eigenvalue weighted by atomic mass is 16.7. The number of hydrogen-bond donors (Lipinski definition) is 0. The van der Waals surface area contributed by atoms with Gasteiger partial charge in [-0.2, -0.15) is 5.26 Å². The van der Waals surface area contributed by atoms with Gasteiger partial charge in [0.05, 0.1) is 30.0 Å². The van der Waals surface area contributed by atoms with Crippen LogP contribution in [0.2, 0.25) is 0 Å². The molecular weight excluding hydrogens is 289 g/mol. The first kappa shape index (κ1) is 17.6. The van der Waals surface area contributed by atoms with E-state index in [0.29, 0.717) is 12.0 Å². The second kappa shape index (κ2) is 6.39. The van der Waals surface area contributed by atoms with E-state index in [4.69, 9.17) is 14.0 Å². The van der Waals surface area contributed by atoms with Gasteiger partial charge in [-0.15, -0.1) is 0 Å². The molecule has 5 heteroatoms. The quantitative estimate of drug-likeness (QED) is 0.622. The summed E-state index contributed by atoms with van der Waals surface area (Å²) in [6.07, 6.45) is 0.686. The van der Waals surface area contributed by atoms with E-state index >= 15 is 0 Å². The molecule has 0 amide bonds. The summed E-state index contributed by atoms with van der Waals surface area (Å²) < 4.78 is 17.4. The van der Waals surface area contributed by atoms with Crippen molar-refractivity contribution in [2.75, 3.05) is 7.11 Å². The van der Waals surface area contributed by atoms with Crippen molar-refractivity contribution >= 4 is 12.7 Å². The van der Waals surface area contributed by atoms with Crippen LogP contribution in [0.3, 0.4) is 0 Å². The SMILES string of the molecule is CC/C(B1OC(C)(C)C(C)(C)O1)=C(/C#N)c1ccc(OC)cc1. The number of ether oxygens (including phenoxy) is 1. The van der Waals surface area contributed by atoms with Crippen LogP contribution in [-0.2, 0) is 9.31 Å². The molecule has 0 aromatic heterocycles. The Morgan fingerprint density at radius 2 is 1.65 bits per heavy atom. The molecule has 23 heavy (non-hydrogen) atoms. The number of rotatable bonds is 4. The standard InChI is InChI=1S/C18H24BNO3/c1-7-16(19-22-17(2,3)18(4,5)23-19)15(12-20)13-8-10-14(21-6)11-9-13/h8-11H,7H2,1-6H3/b16-15+. The summed E-state index contributed by atoms with van der Waals surface area (Å²) in [7, 11) is 1.12. The minimum absolute atomic E-state index is 0.418. The second-order valence-corrected chi connectivity index (χ2v) is 6.68. The van der Waals surface area contributed by atoms with Crippen molar-refractivity contribution in [1.82, 2.24) is 0 Å². The van der Waals surface area contributed by atoms with Crippen LogP contribution >= 0.6 is 0 Å². The first-order chi connectivity index (χ1) is 10.8. The maximum absolute atomic E-state index is 9.68. The number of allylic oxidation sites excluding steroid dienone is 2. The predicted molar refractivity (Wildman–Crippen MR) is 91.9 cm³/mol. The highest BCUT2D eigenvalue weighted by Crippen LogP contribution is 2.40. The Labute approximate surface area is 139 Å². The van der Waals surface area contributed by atoms with Gasteiger partial charge in [0, 0.05) is 0 Å². The minimum Gasteiger partial charge on any atom is -0.497 e. The van der Waals surface area contributed by atoms with Crippen LogP contribution in [0.15, 0.2) is 29.7 Å². The molecule has 1 heterocycles. The maximum atomic E-state index is 9.68. The van der Waals surface area contributed by atoms with Gasteiger partial charge >= 0.3 is 7.12 Å². The Hall–Kier alpha value is -1.77. The van der Waals surface area contributed by atoms with Gasteiger partial charge in [0.15, 0.2) is 0 Å². The van der Waals surface area contributed by atoms with Crippen LogP contribution < -0.4 is 4.74 Å². The van der Waals surface area contributed by atoms with Gasteiger partial charge in [0.2, 0.25) is 0 Å². The molecule has 0 spiro atoms. The lowest BCUT2D eigenvalue weighted by Crippen LogP contribution is -2.41. The molecule has 1 aromatic rings. The largest absolute Gasteiger partial charge is 0.497 e. The van der Waals surface area contributed by atoms with E-state index in [1.807, 2.05) is 58.9 Å². The van der Waals surface area contributed by atoms with Crippen LogP contribution in [-0.4, -0.2) is 25.4 Å². The maximum Gasteiger partial charge on any atom is 0.491 e. The number of nitrogens with zero attached hydrogens (tertiary/aromatic N) is 1. The molecule has 0 aliphatic carbocycles. The lowest BCUT2D eigenvalue weighted by atomic mass is 9.72. The predicted octanol–water partition coefficient (Wildman–Crippen LogP) is 4.01. The lowest BCUT2D eigenvalue weighted by molar-refractivity contribution is 0.00578. The van der Waals surface area contributed by atoms with Crippen LogP contribution in [0, 0.1) is 11.3 Å². The molecule has 1 aliphatic rings. The average molecular weight is 313 g/mol. The minimum atomic E-state index is -0.498. The summed E-state index contributed by atoms with van der Waals surface area (Å²) in [6, 6.07) is 9.79. The fraction of sp³-hybridized carbons (Fsp3) is 0.500. The fourth-order valence-corrected chi connectivity index (χ4v) is 2.53. The number of hydrogen-bond acceptors (Lipinski definition) is 4. The van der Waals surface area contributed by atoms with Gasteiger partial charge in [-0.1, -0.05) is 19.1 Å². The van der Waals surface area contributed by atoms with Crippen LogP contribution in [0.5, 0.6) is 5.75 Å². The topological polar surface area (TPSA) is 51.5 Å². The van der Waals surface area contributed by atoms with E-state index in [1.165, 1.54) is 0 Å². The summed E-state index contributed by atoms with van der Waals surface area (Å²) in [6.45, 7) is 10.1.